The van der Waals surface area contributed by atoms with Crippen LogP contribution in [-0.4, -0.2) is 60.4 Å². The molecule has 32 heavy (non-hydrogen) atoms. The maximum atomic E-state index is 12.4. The summed E-state index contributed by atoms with van der Waals surface area (Å²) in [6.45, 7) is 3.08. The van der Waals surface area contributed by atoms with Crippen LogP contribution in [0.15, 0.2) is 41.8 Å². The van der Waals surface area contributed by atoms with Crippen LogP contribution < -0.4 is 10.2 Å². The monoisotopic (exact) mass is 460 g/mol. The van der Waals surface area contributed by atoms with Crippen molar-refractivity contribution in [3.63, 3.8) is 0 Å². The number of anilines is 1. The maximum absolute atomic E-state index is 12.4. The van der Waals surface area contributed by atoms with E-state index in [4.69, 9.17) is 4.74 Å². The zero-order valence-electron chi connectivity index (χ0n) is 17.6. The first-order chi connectivity index (χ1) is 15.3. The van der Waals surface area contributed by atoms with Crippen LogP contribution in [0.5, 0.6) is 0 Å². The van der Waals surface area contributed by atoms with Crippen LogP contribution in [0.25, 0.3) is 0 Å². The molecule has 0 saturated carbocycles. The number of hydrogen-bond donors (Lipinski definition) is 1. The summed E-state index contributed by atoms with van der Waals surface area (Å²) in [5.74, 6) is -1.10. The molecule has 1 saturated heterocycles. The van der Waals surface area contributed by atoms with Gasteiger partial charge in [-0.25, -0.2) is 0 Å². The quantitative estimate of drug-likeness (QED) is 0.364. The molecule has 10 nitrogen and oxygen atoms in total. The van der Waals surface area contributed by atoms with Crippen molar-refractivity contribution in [1.82, 2.24) is 10.2 Å². The number of amides is 2. The molecule has 2 amide bonds. The number of carbonyl (C=O) groups is 3. The lowest BCUT2D eigenvalue weighted by Crippen LogP contribution is -2.50. The standard InChI is InChI=1S/C21H24N4O6S/c1-15(26)22-18(19-3-2-12-32-19)13-21(28)31-14-20(27)24-10-8-23(9-11-24)16-4-6-17(7-5-16)25(29)30/h2-7,12,18H,8-11,13-14H2,1H3,(H,22,26). The number of thiophene rings is 1. The van der Waals surface area contributed by atoms with Gasteiger partial charge in [-0.3, -0.25) is 24.5 Å². The zero-order chi connectivity index (χ0) is 23.1. The number of rotatable bonds is 8. The summed E-state index contributed by atoms with van der Waals surface area (Å²) in [6.07, 6.45) is -0.0543. The highest BCUT2D eigenvalue weighted by atomic mass is 32.1. The SMILES string of the molecule is CC(=O)NC(CC(=O)OCC(=O)N1CCN(c2ccc([N+](=O)[O-])cc2)CC1)c1cccs1. The second-order valence-electron chi connectivity index (χ2n) is 7.27. The molecule has 11 heteroatoms. The largest absolute Gasteiger partial charge is 0.455 e. The lowest BCUT2D eigenvalue weighted by molar-refractivity contribution is -0.384. The van der Waals surface area contributed by atoms with Crippen molar-refractivity contribution >= 4 is 40.5 Å². The molecule has 0 spiro atoms. The number of hydrogen-bond acceptors (Lipinski definition) is 8. The van der Waals surface area contributed by atoms with Gasteiger partial charge in [-0.2, -0.15) is 0 Å². The molecule has 1 fully saturated rings. The van der Waals surface area contributed by atoms with Gasteiger partial charge in [0.05, 0.1) is 17.4 Å². The summed E-state index contributed by atoms with van der Waals surface area (Å²) in [6, 6.07) is 9.47. The Morgan fingerprint density at radius 2 is 1.84 bits per heavy atom. The third kappa shape index (κ3) is 6.27. The molecule has 1 aliphatic heterocycles. The second kappa shape index (κ2) is 10.7. The fourth-order valence-electron chi connectivity index (χ4n) is 3.42. The van der Waals surface area contributed by atoms with Crippen LogP contribution in [0.3, 0.4) is 0 Å². The van der Waals surface area contributed by atoms with E-state index in [9.17, 15) is 24.5 Å². The third-order valence-corrected chi connectivity index (χ3v) is 6.04. The molecule has 1 aromatic heterocycles. The number of nitrogens with zero attached hydrogens (tertiary/aromatic N) is 3. The Kier molecular flexibility index (Phi) is 7.77. The van der Waals surface area contributed by atoms with Crippen LogP contribution in [0.1, 0.15) is 24.3 Å². The highest BCUT2D eigenvalue weighted by Gasteiger charge is 2.24. The Hall–Kier alpha value is -3.47. The van der Waals surface area contributed by atoms with Gasteiger partial charge in [-0.05, 0) is 23.6 Å². The van der Waals surface area contributed by atoms with Gasteiger partial charge in [0.25, 0.3) is 11.6 Å². The highest BCUT2D eigenvalue weighted by Crippen LogP contribution is 2.23. The first kappa shape index (κ1) is 23.2. The summed E-state index contributed by atoms with van der Waals surface area (Å²) in [5, 5.41) is 15.4. The normalized spacial score (nSPS) is 14.5. The number of non-ortho nitro benzene ring substituents is 1. The molecule has 3 rings (SSSR count). The Morgan fingerprint density at radius 3 is 2.41 bits per heavy atom. The lowest BCUT2D eigenvalue weighted by Gasteiger charge is -2.36. The van der Waals surface area contributed by atoms with E-state index in [0.717, 1.165) is 10.6 Å². The molecule has 1 N–H and O–H groups in total. The molecule has 2 aromatic rings. The van der Waals surface area contributed by atoms with Crippen LogP contribution in [0.2, 0.25) is 0 Å². The summed E-state index contributed by atoms with van der Waals surface area (Å²) >= 11 is 1.43. The molecule has 0 radical (unpaired) electrons. The molecule has 1 aromatic carbocycles. The summed E-state index contributed by atoms with van der Waals surface area (Å²) in [5.41, 5.74) is 0.885. The van der Waals surface area contributed by atoms with Crippen molar-refractivity contribution in [3.8, 4) is 0 Å². The first-order valence-corrected chi connectivity index (χ1v) is 10.9. The summed E-state index contributed by atoms with van der Waals surface area (Å²) in [4.78, 5) is 50.9. The van der Waals surface area contributed by atoms with E-state index in [1.165, 1.54) is 30.4 Å². The van der Waals surface area contributed by atoms with Crippen LogP contribution in [0, 0.1) is 10.1 Å². The molecule has 1 atom stereocenters. The predicted octanol–water partition coefficient (Wildman–Crippen LogP) is 2.12. The number of piperazine rings is 1. The average Bonchev–Trinajstić information content (AvgIpc) is 3.32. The van der Waals surface area contributed by atoms with Crippen molar-refractivity contribution in [3.05, 3.63) is 56.8 Å². The van der Waals surface area contributed by atoms with Crippen LogP contribution in [0.4, 0.5) is 11.4 Å². The van der Waals surface area contributed by atoms with Gasteiger partial charge < -0.3 is 19.9 Å². The number of carbonyl (C=O) groups excluding carboxylic acids is 3. The van der Waals surface area contributed by atoms with E-state index in [2.05, 4.69) is 5.32 Å². The maximum Gasteiger partial charge on any atom is 0.308 e. The van der Waals surface area contributed by atoms with Crippen LogP contribution >= 0.6 is 11.3 Å². The number of nitrogens with one attached hydrogen (secondary N) is 1. The number of nitro groups is 1. The van der Waals surface area contributed by atoms with E-state index < -0.39 is 16.9 Å². The number of ether oxygens (including phenoxy) is 1. The van der Waals surface area contributed by atoms with E-state index in [0.29, 0.717) is 26.2 Å². The molecular weight excluding hydrogens is 436 g/mol. The fraction of sp³-hybridized carbons (Fsp3) is 0.381. The minimum Gasteiger partial charge on any atom is -0.455 e. The minimum atomic E-state index is -0.560. The molecule has 2 heterocycles. The van der Waals surface area contributed by atoms with Crippen molar-refractivity contribution in [2.45, 2.75) is 19.4 Å². The first-order valence-electron chi connectivity index (χ1n) is 10.1. The number of benzene rings is 1. The van der Waals surface area contributed by atoms with Gasteiger partial charge in [-0.1, -0.05) is 6.07 Å². The van der Waals surface area contributed by atoms with Crippen molar-refractivity contribution in [2.75, 3.05) is 37.7 Å². The van der Waals surface area contributed by atoms with Gasteiger partial charge in [0, 0.05) is 55.8 Å². The third-order valence-electron chi connectivity index (χ3n) is 5.05. The topological polar surface area (TPSA) is 122 Å². The van der Waals surface area contributed by atoms with Gasteiger partial charge >= 0.3 is 5.97 Å². The van der Waals surface area contributed by atoms with Gasteiger partial charge in [-0.15, -0.1) is 11.3 Å². The average molecular weight is 461 g/mol. The Labute approximate surface area is 188 Å². The van der Waals surface area contributed by atoms with Gasteiger partial charge in [0.2, 0.25) is 5.91 Å². The Bertz CT molecular complexity index is 955. The van der Waals surface area contributed by atoms with Crippen molar-refractivity contribution in [1.29, 1.82) is 0 Å². The minimum absolute atomic E-state index is 0.0317. The van der Waals surface area contributed by atoms with Crippen molar-refractivity contribution in [2.24, 2.45) is 0 Å². The fourth-order valence-corrected chi connectivity index (χ4v) is 4.19. The molecule has 0 bridgehead atoms. The second-order valence-corrected chi connectivity index (χ2v) is 8.25. The molecule has 1 unspecified atom stereocenters. The Morgan fingerprint density at radius 1 is 1.16 bits per heavy atom. The number of esters is 1. The van der Waals surface area contributed by atoms with E-state index in [1.807, 2.05) is 22.4 Å². The van der Waals surface area contributed by atoms with E-state index in [-0.39, 0.29) is 30.5 Å². The van der Waals surface area contributed by atoms with Gasteiger partial charge in [0.15, 0.2) is 6.61 Å². The Balaban J connectivity index is 1.44. The molecule has 0 aliphatic carbocycles. The molecule has 1 aliphatic rings. The number of nitro benzene ring substituents is 1. The smallest absolute Gasteiger partial charge is 0.308 e. The molecule has 170 valence electrons. The zero-order valence-corrected chi connectivity index (χ0v) is 18.4. The highest BCUT2D eigenvalue weighted by molar-refractivity contribution is 7.10. The van der Waals surface area contributed by atoms with E-state index >= 15 is 0 Å². The summed E-state index contributed by atoms with van der Waals surface area (Å²) < 4.78 is 5.16. The molecular formula is C21H24N4O6S. The predicted molar refractivity (Wildman–Crippen MR) is 118 cm³/mol. The van der Waals surface area contributed by atoms with Crippen LogP contribution in [-0.2, 0) is 19.1 Å². The van der Waals surface area contributed by atoms with E-state index in [1.54, 1.807) is 17.0 Å². The summed E-state index contributed by atoms with van der Waals surface area (Å²) in [7, 11) is 0. The lowest BCUT2D eigenvalue weighted by atomic mass is 10.1. The van der Waals surface area contributed by atoms with Gasteiger partial charge in [0.1, 0.15) is 0 Å². The van der Waals surface area contributed by atoms with Crippen molar-refractivity contribution < 1.29 is 24.0 Å².